The second-order valence-corrected chi connectivity index (χ2v) is 11.3. The summed E-state index contributed by atoms with van der Waals surface area (Å²) < 4.78 is 39.1. The molecule has 2 aromatic carbocycles. The number of thioether (sulfide) groups is 1. The van der Waals surface area contributed by atoms with Crippen molar-refractivity contribution in [3.8, 4) is 11.5 Å². The first-order chi connectivity index (χ1) is 16.0. The number of sulfonamides is 1. The van der Waals surface area contributed by atoms with E-state index in [2.05, 4.69) is 17.0 Å². The number of hydrogen-bond donors (Lipinski definition) is 0. The number of ether oxygens (including phenoxy) is 2. The smallest absolute Gasteiger partial charge is 0.243 e. The van der Waals surface area contributed by atoms with Gasteiger partial charge in [-0.05, 0) is 24.3 Å². The molecule has 33 heavy (non-hydrogen) atoms. The van der Waals surface area contributed by atoms with E-state index in [0.29, 0.717) is 44.3 Å². The number of fused-ring (bicyclic) bond motifs is 2. The minimum absolute atomic E-state index is 0.0318. The fourth-order valence-corrected chi connectivity index (χ4v) is 6.77. The number of piperazine rings is 1. The van der Waals surface area contributed by atoms with Gasteiger partial charge in [-0.25, -0.2) is 8.42 Å². The lowest BCUT2D eigenvalue weighted by atomic mass is 10.2. The van der Waals surface area contributed by atoms with Crippen LogP contribution in [0.15, 0.2) is 52.3 Å². The van der Waals surface area contributed by atoms with Crippen LogP contribution in [0.4, 0.5) is 5.69 Å². The summed E-state index contributed by atoms with van der Waals surface area (Å²) in [6.07, 6.45) is 0.759. The van der Waals surface area contributed by atoms with Crippen LogP contribution in [0.5, 0.6) is 11.5 Å². The number of hydrogen-bond acceptors (Lipinski definition) is 7. The molecule has 5 rings (SSSR count). The normalized spacial score (nSPS) is 19.0. The molecule has 1 amide bonds. The maximum atomic E-state index is 13.2. The lowest BCUT2D eigenvalue weighted by Gasteiger charge is -2.36. The Kier molecular flexibility index (Phi) is 6.40. The van der Waals surface area contributed by atoms with Crippen LogP contribution in [-0.4, -0.2) is 81.8 Å². The van der Waals surface area contributed by atoms with E-state index in [4.69, 9.17) is 9.47 Å². The van der Waals surface area contributed by atoms with Gasteiger partial charge in [0.05, 0.1) is 30.3 Å². The van der Waals surface area contributed by atoms with E-state index in [1.54, 1.807) is 23.1 Å². The molecule has 8 nitrogen and oxygen atoms in total. The van der Waals surface area contributed by atoms with Gasteiger partial charge in [-0.15, -0.1) is 11.8 Å². The van der Waals surface area contributed by atoms with Crippen molar-refractivity contribution in [1.29, 1.82) is 0 Å². The number of nitrogens with zero attached hydrogens (tertiary/aromatic N) is 3. The summed E-state index contributed by atoms with van der Waals surface area (Å²) in [5.41, 5.74) is 1.10. The molecule has 2 aromatic rings. The van der Waals surface area contributed by atoms with Crippen LogP contribution >= 0.6 is 11.8 Å². The molecular weight excluding hydrogens is 462 g/mol. The number of benzene rings is 2. The van der Waals surface area contributed by atoms with E-state index >= 15 is 0 Å². The van der Waals surface area contributed by atoms with Crippen molar-refractivity contribution in [3.05, 3.63) is 42.5 Å². The van der Waals surface area contributed by atoms with E-state index in [1.165, 1.54) is 9.20 Å². The lowest BCUT2D eigenvalue weighted by molar-refractivity contribution is -0.130. The Labute approximate surface area is 198 Å². The Morgan fingerprint density at radius 1 is 0.939 bits per heavy atom. The van der Waals surface area contributed by atoms with Gasteiger partial charge >= 0.3 is 0 Å². The molecule has 1 saturated heterocycles. The van der Waals surface area contributed by atoms with E-state index in [1.807, 2.05) is 23.9 Å². The summed E-state index contributed by atoms with van der Waals surface area (Å²) in [5.74, 6) is 2.01. The van der Waals surface area contributed by atoms with Gasteiger partial charge in [0.15, 0.2) is 11.5 Å². The molecule has 3 heterocycles. The van der Waals surface area contributed by atoms with Gasteiger partial charge in [0.2, 0.25) is 15.9 Å². The van der Waals surface area contributed by atoms with Crippen LogP contribution in [-0.2, 0) is 14.8 Å². The predicted octanol–water partition coefficient (Wildman–Crippen LogP) is 2.29. The van der Waals surface area contributed by atoms with Crippen LogP contribution in [0.3, 0.4) is 0 Å². The van der Waals surface area contributed by atoms with Crippen molar-refractivity contribution in [2.75, 3.05) is 63.1 Å². The molecule has 0 aliphatic carbocycles. The highest BCUT2D eigenvalue weighted by Crippen LogP contribution is 2.35. The van der Waals surface area contributed by atoms with Gasteiger partial charge in [0.1, 0.15) is 0 Å². The molecule has 3 aliphatic heterocycles. The number of carbonyl (C=O) groups is 1. The largest absolute Gasteiger partial charge is 0.490 e. The van der Waals surface area contributed by atoms with Gasteiger partial charge in [-0.1, -0.05) is 12.1 Å². The fraction of sp³-hybridized carbons (Fsp3) is 0.435. The zero-order chi connectivity index (χ0) is 22.8. The van der Waals surface area contributed by atoms with Crippen LogP contribution in [0.2, 0.25) is 0 Å². The molecule has 176 valence electrons. The third-order valence-electron chi connectivity index (χ3n) is 6.10. The first-order valence-corrected chi connectivity index (χ1v) is 13.6. The summed E-state index contributed by atoms with van der Waals surface area (Å²) >= 11 is 1.81. The zero-order valence-electron chi connectivity index (χ0n) is 18.3. The summed E-state index contributed by atoms with van der Waals surface area (Å²) in [5, 5.41) is 0. The molecule has 0 saturated carbocycles. The molecule has 0 bridgehead atoms. The third kappa shape index (κ3) is 4.64. The first-order valence-electron chi connectivity index (χ1n) is 11.2. The number of para-hydroxylation sites is 1. The summed E-state index contributed by atoms with van der Waals surface area (Å²) in [7, 11) is -3.68. The van der Waals surface area contributed by atoms with Crippen LogP contribution in [0.25, 0.3) is 0 Å². The Morgan fingerprint density at radius 3 is 2.52 bits per heavy atom. The van der Waals surface area contributed by atoms with Crippen molar-refractivity contribution < 1.29 is 22.7 Å². The van der Waals surface area contributed by atoms with Crippen molar-refractivity contribution in [2.24, 2.45) is 0 Å². The topological polar surface area (TPSA) is 79.4 Å². The molecule has 0 N–H and O–H groups in total. The summed E-state index contributed by atoms with van der Waals surface area (Å²) in [6.45, 7) is 3.50. The molecular formula is C23H27N3O5S2. The quantitative estimate of drug-likeness (QED) is 0.652. The van der Waals surface area contributed by atoms with Crippen molar-refractivity contribution >= 4 is 33.4 Å². The molecule has 0 radical (unpaired) electrons. The summed E-state index contributed by atoms with van der Waals surface area (Å²) in [6, 6.07) is 12.9. The van der Waals surface area contributed by atoms with E-state index in [-0.39, 0.29) is 23.9 Å². The van der Waals surface area contributed by atoms with Gasteiger partial charge in [-0.2, -0.15) is 4.31 Å². The number of carbonyl (C=O) groups excluding carboxylic acids is 1. The highest BCUT2D eigenvalue weighted by Gasteiger charge is 2.32. The van der Waals surface area contributed by atoms with Crippen LogP contribution in [0, 0.1) is 0 Å². The predicted molar refractivity (Wildman–Crippen MR) is 127 cm³/mol. The average molecular weight is 490 g/mol. The molecule has 0 aromatic heterocycles. The Hall–Kier alpha value is -2.43. The second-order valence-electron chi connectivity index (χ2n) is 8.18. The molecule has 0 atom stereocenters. The highest BCUT2D eigenvalue weighted by atomic mass is 32.2. The maximum absolute atomic E-state index is 13.2. The molecule has 0 unspecified atom stereocenters. The van der Waals surface area contributed by atoms with E-state index < -0.39 is 10.0 Å². The Balaban J connectivity index is 1.22. The van der Waals surface area contributed by atoms with Gasteiger partial charge < -0.3 is 19.3 Å². The lowest BCUT2D eigenvalue weighted by Crippen LogP contribution is -2.52. The van der Waals surface area contributed by atoms with Crippen molar-refractivity contribution in [2.45, 2.75) is 16.2 Å². The summed E-state index contributed by atoms with van der Waals surface area (Å²) in [4.78, 5) is 18.2. The van der Waals surface area contributed by atoms with Crippen molar-refractivity contribution in [3.63, 3.8) is 0 Å². The molecule has 1 fully saturated rings. The van der Waals surface area contributed by atoms with E-state index in [9.17, 15) is 13.2 Å². The molecule has 3 aliphatic rings. The SMILES string of the molecule is O=C(CN1CCSc2ccccc21)N1CCN(S(=O)(=O)c2ccc3c(c2)OCCCO3)CC1. The Morgan fingerprint density at radius 2 is 1.70 bits per heavy atom. The molecule has 10 heteroatoms. The van der Waals surface area contributed by atoms with E-state index in [0.717, 1.165) is 24.4 Å². The highest BCUT2D eigenvalue weighted by molar-refractivity contribution is 7.99. The standard InChI is InChI=1S/C23H27N3O5S2/c27-23(17-25-12-15-32-22-5-2-1-4-19(22)25)24-8-10-26(11-9-24)33(28,29)18-6-7-20-21(16-18)31-14-3-13-30-20/h1-2,4-7,16H,3,8-15,17H2. The molecule has 0 spiro atoms. The average Bonchev–Trinajstić information content (AvgIpc) is 3.09. The third-order valence-corrected chi connectivity index (χ3v) is 9.04. The monoisotopic (exact) mass is 489 g/mol. The van der Waals surface area contributed by atoms with Gasteiger partial charge in [0, 0.05) is 55.9 Å². The second kappa shape index (κ2) is 9.44. The minimum Gasteiger partial charge on any atom is -0.490 e. The fourth-order valence-electron chi connectivity index (χ4n) is 4.29. The van der Waals surface area contributed by atoms with Crippen LogP contribution < -0.4 is 14.4 Å². The Bertz CT molecular complexity index is 1130. The zero-order valence-corrected chi connectivity index (χ0v) is 19.9. The number of anilines is 1. The number of rotatable bonds is 4. The van der Waals surface area contributed by atoms with Crippen LogP contribution in [0.1, 0.15) is 6.42 Å². The first kappa shape index (κ1) is 22.4. The van der Waals surface area contributed by atoms with Crippen molar-refractivity contribution in [1.82, 2.24) is 9.21 Å². The maximum Gasteiger partial charge on any atom is 0.243 e. The number of amides is 1. The van der Waals surface area contributed by atoms with Gasteiger partial charge in [-0.3, -0.25) is 4.79 Å². The minimum atomic E-state index is -3.68. The van der Waals surface area contributed by atoms with Gasteiger partial charge in [0.25, 0.3) is 0 Å².